The van der Waals surface area contributed by atoms with Crippen molar-refractivity contribution in [1.82, 2.24) is 19.4 Å². The Morgan fingerprint density at radius 2 is 1.98 bits per heavy atom. The minimum absolute atomic E-state index is 0.119. The lowest BCUT2D eigenvalue weighted by molar-refractivity contribution is -0.0712. The molecule has 0 bridgehead atoms. The first-order chi connectivity index (χ1) is 21.2. The molecule has 0 amide bonds. The van der Waals surface area contributed by atoms with Gasteiger partial charge in [0.05, 0.1) is 31.0 Å². The van der Waals surface area contributed by atoms with Crippen molar-refractivity contribution in [2.24, 2.45) is 0 Å². The van der Waals surface area contributed by atoms with Crippen molar-refractivity contribution in [3.63, 3.8) is 0 Å². The fraction of sp³-hybridized carbons (Fsp3) is 0.406. The zero-order chi connectivity index (χ0) is 30.6. The highest BCUT2D eigenvalue weighted by atomic mass is 35.5. The lowest BCUT2D eigenvalue weighted by Gasteiger charge is -2.33. The summed E-state index contributed by atoms with van der Waals surface area (Å²) in [6.07, 6.45) is 4.10. The Labute approximate surface area is 258 Å². The molecule has 3 aliphatic heterocycles. The molecule has 0 spiro atoms. The van der Waals surface area contributed by atoms with Crippen LogP contribution in [0, 0.1) is 12.7 Å². The highest BCUT2D eigenvalue weighted by molar-refractivity contribution is 6.30. The van der Waals surface area contributed by atoms with Gasteiger partial charge in [-0.15, -0.1) is 0 Å². The van der Waals surface area contributed by atoms with Crippen LogP contribution in [-0.4, -0.2) is 56.3 Å². The van der Waals surface area contributed by atoms with Crippen LogP contribution in [0.25, 0.3) is 11.6 Å². The highest BCUT2D eigenvalue weighted by Crippen LogP contribution is 2.50. The smallest absolute Gasteiger partial charge is 0.373 e. The van der Waals surface area contributed by atoms with Crippen LogP contribution in [0.5, 0.6) is 11.5 Å². The molecule has 2 aromatic heterocycles. The van der Waals surface area contributed by atoms with Crippen LogP contribution in [0.1, 0.15) is 65.3 Å². The minimum Gasteiger partial charge on any atom is -0.475 e. The predicted octanol–water partition coefficient (Wildman–Crippen LogP) is 6.15. The number of hydrogen-bond acceptors (Lipinski definition) is 8. The number of likely N-dealkylation sites (tertiary alicyclic amines) is 1. The number of carboxylic acids is 1. The number of benzene rings is 2. The monoisotopic (exact) mass is 622 g/mol. The Kier molecular flexibility index (Phi) is 7.34. The van der Waals surface area contributed by atoms with Crippen molar-refractivity contribution in [2.45, 2.75) is 64.0 Å². The van der Waals surface area contributed by atoms with Gasteiger partial charge >= 0.3 is 5.97 Å². The summed E-state index contributed by atoms with van der Waals surface area (Å²) in [7, 11) is 0. The van der Waals surface area contributed by atoms with E-state index in [-0.39, 0.29) is 23.7 Å². The van der Waals surface area contributed by atoms with E-state index in [9.17, 15) is 14.3 Å². The second-order valence-corrected chi connectivity index (χ2v) is 12.1. The van der Waals surface area contributed by atoms with E-state index < -0.39 is 17.6 Å². The fourth-order valence-electron chi connectivity index (χ4n) is 6.31. The summed E-state index contributed by atoms with van der Waals surface area (Å²) in [5.74, 6) is -0.613. The standard InChI is InChI=1S/C32H32ClFN4O6/c1-18-28(30-35-15-26(42-30)31(39)40)36-27(38(18)16-21-10-13-41-21)17-37-11-8-19(9-12-37)22-4-3-5-25-29(22)44-32(2,43-25)23-7-6-20(33)14-24(23)34/h3-7,14-15,19,21H,8-13,16-17H2,1-2H3,(H,39,40)/t21-,32-/m0/s1. The van der Waals surface area contributed by atoms with Gasteiger partial charge in [0.2, 0.25) is 11.7 Å². The maximum atomic E-state index is 14.8. The molecule has 2 saturated heterocycles. The molecule has 2 atom stereocenters. The molecule has 12 heteroatoms. The Hall–Kier alpha value is -3.93. The molecule has 0 unspecified atom stereocenters. The average Bonchev–Trinajstić information content (AvgIpc) is 3.67. The van der Waals surface area contributed by atoms with Gasteiger partial charge in [0, 0.05) is 29.8 Å². The zero-order valence-corrected chi connectivity index (χ0v) is 25.1. The summed E-state index contributed by atoms with van der Waals surface area (Å²) in [5, 5.41) is 9.60. The number of piperidine rings is 1. The quantitative estimate of drug-likeness (QED) is 0.247. The van der Waals surface area contributed by atoms with Crippen LogP contribution in [0.3, 0.4) is 0 Å². The number of aromatic nitrogens is 3. The molecule has 0 radical (unpaired) electrons. The molecule has 5 heterocycles. The lowest BCUT2D eigenvalue weighted by Crippen LogP contribution is -2.35. The number of para-hydroxylation sites is 1. The molecule has 3 aliphatic rings. The van der Waals surface area contributed by atoms with Crippen molar-refractivity contribution in [2.75, 3.05) is 19.7 Å². The summed E-state index contributed by atoms with van der Waals surface area (Å²) in [6, 6.07) is 10.4. The third-order valence-electron chi connectivity index (χ3n) is 8.82. The molecule has 4 aromatic rings. The van der Waals surface area contributed by atoms with Crippen LogP contribution in [0.15, 0.2) is 47.0 Å². The van der Waals surface area contributed by atoms with E-state index in [0.29, 0.717) is 40.9 Å². The minimum atomic E-state index is -1.29. The first-order valence-electron chi connectivity index (χ1n) is 14.7. The molecule has 0 aliphatic carbocycles. The second kappa shape index (κ2) is 11.2. The van der Waals surface area contributed by atoms with E-state index >= 15 is 0 Å². The van der Waals surface area contributed by atoms with Gasteiger partial charge < -0.3 is 28.3 Å². The summed E-state index contributed by atoms with van der Waals surface area (Å²) >= 11 is 5.97. The first-order valence-corrected chi connectivity index (χ1v) is 15.1. The molecule has 0 saturated carbocycles. The van der Waals surface area contributed by atoms with Crippen molar-refractivity contribution < 1.29 is 32.9 Å². The van der Waals surface area contributed by atoms with Crippen molar-refractivity contribution in [3.8, 4) is 23.1 Å². The van der Waals surface area contributed by atoms with Gasteiger partial charge in [-0.2, -0.15) is 0 Å². The Morgan fingerprint density at radius 1 is 1.18 bits per heavy atom. The Balaban J connectivity index is 1.07. The summed E-state index contributed by atoms with van der Waals surface area (Å²) in [6.45, 7) is 7.37. The number of carboxylic acid groups (broad SMARTS) is 1. The fourth-order valence-corrected chi connectivity index (χ4v) is 6.47. The molecule has 2 fully saturated rings. The van der Waals surface area contributed by atoms with Crippen LogP contribution in [-0.2, 0) is 23.6 Å². The third kappa shape index (κ3) is 5.22. The SMILES string of the molecule is Cc1c(-c2ncc(C(=O)O)o2)nc(CN2CCC(c3cccc4c3O[C@@](C)(c3ccc(Cl)cc3F)O4)CC2)n1C[C@@H]1CCO1. The normalized spacial score (nSPS) is 21.9. The van der Waals surface area contributed by atoms with Crippen LogP contribution < -0.4 is 9.47 Å². The molecule has 7 rings (SSSR count). The van der Waals surface area contributed by atoms with Gasteiger partial charge in [-0.1, -0.05) is 23.7 Å². The molecule has 230 valence electrons. The molecule has 2 aromatic carbocycles. The van der Waals surface area contributed by atoms with Gasteiger partial charge in [0.25, 0.3) is 5.79 Å². The zero-order valence-electron chi connectivity index (χ0n) is 24.4. The highest BCUT2D eigenvalue weighted by Gasteiger charge is 2.43. The summed E-state index contributed by atoms with van der Waals surface area (Å²) in [4.78, 5) is 22.8. The number of oxazole rings is 1. The van der Waals surface area contributed by atoms with Gasteiger partial charge in [0.15, 0.2) is 11.5 Å². The number of ether oxygens (including phenoxy) is 3. The van der Waals surface area contributed by atoms with Gasteiger partial charge in [-0.3, -0.25) is 4.90 Å². The van der Waals surface area contributed by atoms with E-state index in [1.807, 2.05) is 19.1 Å². The number of aromatic carboxylic acids is 1. The number of imidazole rings is 1. The molecule has 44 heavy (non-hydrogen) atoms. The van der Waals surface area contributed by atoms with Crippen molar-refractivity contribution >= 4 is 17.6 Å². The Morgan fingerprint density at radius 3 is 2.66 bits per heavy atom. The van der Waals surface area contributed by atoms with Crippen molar-refractivity contribution in [1.29, 1.82) is 0 Å². The number of nitrogens with zero attached hydrogens (tertiary/aromatic N) is 4. The lowest BCUT2D eigenvalue weighted by atomic mass is 9.88. The largest absolute Gasteiger partial charge is 0.475 e. The molecule has 1 N–H and O–H groups in total. The molecular formula is C32H32ClFN4O6. The first kappa shape index (κ1) is 28.8. The molecular weight excluding hydrogens is 591 g/mol. The predicted molar refractivity (Wildman–Crippen MR) is 157 cm³/mol. The number of halogens is 2. The van der Waals surface area contributed by atoms with Gasteiger partial charge in [-0.25, -0.2) is 19.2 Å². The summed E-state index contributed by atoms with van der Waals surface area (Å²) in [5.41, 5.74) is 2.75. The maximum Gasteiger partial charge on any atom is 0.373 e. The van der Waals surface area contributed by atoms with Crippen molar-refractivity contribution in [3.05, 3.63) is 81.8 Å². The van der Waals surface area contributed by atoms with E-state index in [1.54, 1.807) is 19.1 Å². The second-order valence-electron chi connectivity index (χ2n) is 11.7. The number of fused-ring (bicyclic) bond motifs is 1. The topological polar surface area (TPSA) is 112 Å². The van der Waals surface area contributed by atoms with Crippen LogP contribution in [0.4, 0.5) is 4.39 Å². The van der Waals surface area contributed by atoms with Gasteiger partial charge in [0.1, 0.15) is 17.3 Å². The van der Waals surface area contributed by atoms with Gasteiger partial charge in [-0.05, 0) is 69.5 Å². The molecule has 10 nitrogen and oxygen atoms in total. The number of rotatable bonds is 8. The van der Waals surface area contributed by atoms with E-state index in [1.165, 1.54) is 12.3 Å². The van der Waals surface area contributed by atoms with E-state index in [0.717, 1.165) is 56.0 Å². The van der Waals surface area contributed by atoms with E-state index in [4.69, 9.17) is 35.2 Å². The Bertz CT molecular complexity index is 1730. The number of carbonyl (C=O) groups is 1. The maximum absolute atomic E-state index is 14.8. The number of hydrogen-bond donors (Lipinski definition) is 1. The van der Waals surface area contributed by atoms with Crippen LogP contribution in [0.2, 0.25) is 5.02 Å². The average molecular weight is 623 g/mol. The van der Waals surface area contributed by atoms with E-state index in [2.05, 4.69) is 20.5 Å². The van der Waals surface area contributed by atoms with Crippen LogP contribution >= 0.6 is 11.6 Å². The summed E-state index contributed by atoms with van der Waals surface area (Å²) < 4.78 is 40.7. The third-order valence-corrected chi connectivity index (χ3v) is 9.06.